The molecule has 0 amide bonds. The van der Waals surface area contributed by atoms with Crippen molar-refractivity contribution in [2.75, 3.05) is 39.6 Å². The molecule has 0 saturated carbocycles. The molecule has 0 aliphatic rings. The zero-order valence-corrected chi connectivity index (χ0v) is 19.4. The molecular weight excluding hydrogens is 414 g/mol. The van der Waals surface area contributed by atoms with E-state index < -0.39 is 9.84 Å². The Morgan fingerprint density at radius 2 is 1.71 bits per heavy atom. The molecule has 2 N–H and O–H groups in total. The van der Waals surface area contributed by atoms with Crippen molar-refractivity contribution in [1.29, 1.82) is 0 Å². The first-order chi connectivity index (χ1) is 15.0. The number of guanidine groups is 1. The molecule has 0 aliphatic heterocycles. The van der Waals surface area contributed by atoms with Crippen LogP contribution in [0.15, 0.2) is 53.5 Å². The van der Waals surface area contributed by atoms with Gasteiger partial charge < -0.3 is 20.1 Å². The maximum absolute atomic E-state index is 12.3. The zero-order valence-electron chi connectivity index (χ0n) is 18.6. The number of aliphatic imine (C=N–C) groups is 1. The Hall–Kier alpha value is -2.74. The van der Waals surface area contributed by atoms with Gasteiger partial charge in [0, 0.05) is 19.6 Å². The Labute approximate surface area is 185 Å². The van der Waals surface area contributed by atoms with Gasteiger partial charge in [-0.05, 0) is 43.0 Å². The summed E-state index contributed by atoms with van der Waals surface area (Å²) in [5, 5.41) is 6.48. The second-order valence-electron chi connectivity index (χ2n) is 7.06. The molecule has 0 heterocycles. The average Bonchev–Trinajstić information content (AvgIpc) is 2.76. The summed E-state index contributed by atoms with van der Waals surface area (Å²) in [6.45, 7) is 3.86. The molecule has 8 heteroatoms. The largest absolute Gasteiger partial charge is 0.493 e. The van der Waals surface area contributed by atoms with Crippen LogP contribution < -0.4 is 20.1 Å². The summed E-state index contributed by atoms with van der Waals surface area (Å²) < 4.78 is 35.2. The number of methoxy groups -OCH3 is 2. The minimum atomic E-state index is -3.14. The van der Waals surface area contributed by atoms with Crippen molar-refractivity contribution >= 4 is 15.8 Å². The van der Waals surface area contributed by atoms with E-state index in [1.807, 2.05) is 55.5 Å². The molecule has 0 aromatic heterocycles. The molecule has 0 fully saturated rings. The molecule has 2 rings (SSSR count). The Kier molecular flexibility index (Phi) is 10.2. The quantitative estimate of drug-likeness (QED) is 0.295. The van der Waals surface area contributed by atoms with Gasteiger partial charge in [-0.3, -0.25) is 4.99 Å². The third-order valence-electron chi connectivity index (χ3n) is 4.61. The maximum atomic E-state index is 12.3. The lowest BCUT2D eigenvalue weighted by atomic mass is 10.1. The van der Waals surface area contributed by atoms with Crippen LogP contribution >= 0.6 is 0 Å². The van der Waals surface area contributed by atoms with E-state index in [2.05, 4.69) is 15.6 Å². The SMILES string of the molecule is CCNC(=NCCCS(=O)(=O)Cc1ccccc1)NCCc1ccc(OC)c(OC)c1. The molecule has 170 valence electrons. The van der Waals surface area contributed by atoms with Crippen molar-refractivity contribution in [3.8, 4) is 11.5 Å². The van der Waals surface area contributed by atoms with Crippen molar-refractivity contribution < 1.29 is 17.9 Å². The summed E-state index contributed by atoms with van der Waals surface area (Å²) in [7, 11) is 0.0947. The summed E-state index contributed by atoms with van der Waals surface area (Å²) in [4.78, 5) is 4.50. The van der Waals surface area contributed by atoms with E-state index in [4.69, 9.17) is 9.47 Å². The van der Waals surface area contributed by atoms with Crippen LogP contribution in [0.2, 0.25) is 0 Å². The average molecular weight is 448 g/mol. The lowest BCUT2D eigenvalue weighted by molar-refractivity contribution is 0.354. The molecule has 7 nitrogen and oxygen atoms in total. The molecule has 0 unspecified atom stereocenters. The van der Waals surface area contributed by atoms with E-state index in [1.54, 1.807) is 14.2 Å². The number of hydrogen-bond donors (Lipinski definition) is 2. The second-order valence-corrected chi connectivity index (χ2v) is 9.24. The number of sulfone groups is 1. The highest BCUT2D eigenvalue weighted by molar-refractivity contribution is 7.90. The molecule has 0 spiro atoms. The standard InChI is InChI=1S/C23H33N3O4S/c1-4-24-23(26-15-13-19-11-12-21(29-2)22(17-19)30-3)25-14-8-16-31(27,28)18-20-9-6-5-7-10-20/h5-7,9-12,17H,4,8,13-16,18H2,1-3H3,(H2,24,25,26). The van der Waals surface area contributed by atoms with Gasteiger partial charge in [-0.2, -0.15) is 0 Å². The minimum absolute atomic E-state index is 0.0706. The summed E-state index contributed by atoms with van der Waals surface area (Å²) >= 11 is 0. The second kappa shape index (κ2) is 12.8. The van der Waals surface area contributed by atoms with E-state index in [-0.39, 0.29) is 11.5 Å². The molecule has 0 atom stereocenters. The van der Waals surface area contributed by atoms with E-state index >= 15 is 0 Å². The van der Waals surface area contributed by atoms with Crippen molar-refractivity contribution in [3.63, 3.8) is 0 Å². The van der Waals surface area contributed by atoms with Crippen LogP contribution in [0.4, 0.5) is 0 Å². The Bertz CT molecular complexity index is 931. The van der Waals surface area contributed by atoms with Crippen LogP contribution in [-0.2, 0) is 22.0 Å². The fraction of sp³-hybridized carbons (Fsp3) is 0.435. The molecule has 0 radical (unpaired) electrons. The molecule has 0 bridgehead atoms. The van der Waals surface area contributed by atoms with Crippen molar-refractivity contribution in [2.45, 2.75) is 25.5 Å². The van der Waals surface area contributed by atoms with Crippen LogP contribution in [0.3, 0.4) is 0 Å². The fourth-order valence-corrected chi connectivity index (χ4v) is 4.49. The number of nitrogens with one attached hydrogen (secondary N) is 2. The van der Waals surface area contributed by atoms with Gasteiger partial charge in [-0.15, -0.1) is 0 Å². The molecule has 2 aromatic carbocycles. The summed E-state index contributed by atoms with van der Waals surface area (Å²) in [5.74, 6) is 2.29. The van der Waals surface area contributed by atoms with Crippen LogP contribution in [0.1, 0.15) is 24.5 Å². The van der Waals surface area contributed by atoms with Gasteiger partial charge in [0.25, 0.3) is 0 Å². The Morgan fingerprint density at radius 3 is 2.39 bits per heavy atom. The summed E-state index contributed by atoms with van der Waals surface area (Å²) in [6, 6.07) is 15.1. The van der Waals surface area contributed by atoms with Crippen molar-refractivity contribution in [2.24, 2.45) is 4.99 Å². The Morgan fingerprint density at radius 1 is 0.968 bits per heavy atom. The zero-order chi connectivity index (χ0) is 22.5. The lowest BCUT2D eigenvalue weighted by Gasteiger charge is -2.13. The van der Waals surface area contributed by atoms with Crippen LogP contribution in [0.25, 0.3) is 0 Å². The van der Waals surface area contributed by atoms with Crippen molar-refractivity contribution in [1.82, 2.24) is 10.6 Å². The van der Waals surface area contributed by atoms with Gasteiger partial charge in [-0.25, -0.2) is 8.42 Å². The fourth-order valence-electron chi connectivity index (χ4n) is 3.08. The predicted molar refractivity (Wildman–Crippen MR) is 126 cm³/mol. The van der Waals surface area contributed by atoms with Crippen LogP contribution in [0.5, 0.6) is 11.5 Å². The first-order valence-corrected chi connectivity index (χ1v) is 12.3. The molecule has 0 saturated heterocycles. The van der Waals surface area contributed by atoms with E-state index in [0.29, 0.717) is 37.0 Å². The van der Waals surface area contributed by atoms with Gasteiger partial charge in [0.1, 0.15) is 0 Å². The lowest BCUT2D eigenvalue weighted by Crippen LogP contribution is -2.38. The van der Waals surface area contributed by atoms with Gasteiger partial charge in [0.15, 0.2) is 27.3 Å². The van der Waals surface area contributed by atoms with Gasteiger partial charge >= 0.3 is 0 Å². The van der Waals surface area contributed by atoms with Crippen LogP contribution in [0, 0.1) is 0 Å². The number of ether oxygens (including phenoxy) is 2. The van der Waals surface area contributed by atoms with E-state index in [1.165, 1.54) is 0 Å². The number of nitrogens with zero attached hydrogens (tertiary/aromatic N) is 1. The first kappa shape index (κ1) is 24.5. The molecule has 31 heavy (non-hydrogen) atoms. The molecular formula is C23H33N3O4S. The first-order valence-electron chi connectivity index (χ1n) is 10.4. The molecule has 2 aromatic rings. The van der Waals surface area contributed by atoms with Crippen LogP contribution in [-0.4, -0.2) is 54.0 Å². The third kappa shape index (κ3) is 8.88. The van der Waals surface area contributed by atoms with Crippen molar-refractivity contribution in [3.05, 3.63) is 59.7 Å². The summed E-state index contributed by atoms with van der Waals surface area (Å²) in [5.41, 5.74) is 1.93. The smallest absolute Gasteiger partial charge is 0.191 e. The van der Waals surface area contributed by atoms with E-state index in [9.17, 15) is 8.42 Å². The Balaban J connectivity index is 1.81. The monoisotopic (exact) mass is 447 g/mol. The third-order valence-corrected chi connectivity index (χ3v) is 6.29. The highest BCUT2D eigenvalue weighted by Gasteiger charge is 2.11. The summed E-state index contributed by atoms with van der Waals surface area (Å²) in [6.07, 6.45) is 1.28. The van der Waals surface area contributed by atoms with Gasteiger partial charge in [-0.1, -0.05) is 36.4 Å². The molecule has 0 aliphatic carbocycles. The van der Waals surface area contributed by atoms with Gasteiger partial charge in [0.05, 0.1) is 25.7 Å². The maximum Gasteiger partial charge on any atom is 0.191 e. The topological polar surface area (TPSA) is 89.0 Å². The number of rotatable bonds is 12. The highest BCUT2D eigenvalue weighted by atomic mass is 32.2. The minimum Gasteiger partial charge on any atom is -0.493 e. The predicted octanol–water partition coefficient (Wildman–Crippen LogP) is 2.81. The van der Waals surface area contributed by atoms with E-state index in [0.717, 1.165) is 24.1 Å². The number of benzene rings is 2. The number of hydrogen-bond acceptors (Lipinski definition) is 5. The highest BCUT2D eigenvalue weighted by Crippen LogP contribution is 2.27. The van der Waals surface area contributed by atoms with Gasteiger partial charge in [0.2, 0.25) is 0 Å². The normalized spacial score (nSPS) is 11.8.